The predicted molar refractivity (Wildman–Crippen MR) is 118 cm³/mol. The minimum atomic E-state index is -0.338. The fraction of sp³-hybridized carbons (Fsp3) is 0.391. The van der Waals surface area contributed by atoms with Crippen LogP contribution in [0.4, 0.5) is 5.69 Å². The van der Waals surface area contributed by atoms with E-state index in [9.17, 15) is 14.7 Å². The van der Waals surface area contributed by atoms with Gasteiger partial charge in [0, 0.05) is 28.9 Å². The van der Waals surface area contributed by atoms with Gasteiger partial charge in [-0.15, -0.1) is 0 Å². The zero-order valence-corrected chi connectivity index (χ0v) is 18.0. The molecule has 158 valence electrons. The van der Waals surface area contributed by atoms with Gasteiger partial charge in [-0.25, -0.2) is 0 Å². The third kappa shape index (κ3) is 4.48. The van der Waals surface area contributed by atoms with Crippen LogP contribution in [-0.2, 0) is 0 Å². The lowest BCUT2D eigenvalue weighted by molar-refractivity contribution is 0.00727. The molecule has 5 nitrogen and oxygen atoms in total. The van der Waals surface area contributed by atoms with E-state index in [1.165, 1.54) is 6.07 Å². The van der Waals surface area contributed by atoms with Crippen LogP contribution in [0, 0.1) is 5.92 Å². The molecule has 3 atom stereocenters. The van der Waals surface area contributed by atoms with Crippen LogP contribution in [0.25, 0.3) is 0 Å². The van der Waals surface area contributed by atoms with Crippen molar-refractivity contribution in [3.8, 4) is 0 Å². The van der Waals surface area contributed by atoms with Crippen molar-refractivity contribution in [3.05, 3.63) is 63.6 Å². The van der Waals surface area contributed by atoms with Crippen LogP contribution in [-0.4, -0.2) is 40.5 Å². The fourth-order valence-corrected chi connectivity index (χ4v) is 5.11. The number of benzene rings is 2. The number of rotatable bonds is 3. The fourth-order valence-electron chi connectivity index (χ4n) is 4.62. The predicted octanol–water partition coefficient (Wildman–Crippen LogP) is 5.01. The van der Waals surface area contributed by atoms with E-state index in [2.05, 4.69) is 5.32 Å². The van der Waals surface area contributed by atoms with Crippen LogP contribution in [0.1, 0.15) is 52.8 Å². The van der Waals surface area contributed by atoms with Crippen LogP contribution < -0.4 is 5.32 Å². The van der Waals surface area contributed by atoms with Crippen molar-refractivity contribution in [3.63, 3.8) is 0 Å². The third-order valence-corrected chi connectivity index (χ3v) is 6.66. The van der Waals surface area contributed by atoms with Crippen LogP contribution in [0.15, 0.2) is 42.5 Å². The highest BCUT2D eigenvalue weighted by Crippen LogP contribution is 2.36. The van der Waals surface area contributed by atoms with Crippen molar-refractivity contribution in [2.45, 2.75) is 44.2 Å². The Hall–Kier alpha value is -2.08. The van der Waals surface area contributed by atoms with E-state index in [1.54, 1.807) is 36.4 Å². The van der Waals surface area contributed by atoms with Gasteiger partial charge in [0.05, 0.1) is 16.7 Å². The Bertz CT molecular complexity index is 948. The second-order valence-corrected chi connectivity index (χ2v) is 8.93. The number of carbonyl (C=O) groups excluding carboxylic acids is 2. The molecule has 2 fully saturated rings. The summed E-state index contributed by atoms with van der Waals surface area (Å²) in [7, 11) is 0. The number of carbonyl (C=O) groups is 2. The van der Waals surface area contributed by atoms with Crippen molar-refractivity contribution in [2.24, 2.45) is 5.92 Å². The van der Waals surface area contributed by atoms with Crippen molar-refractivity contribution in [2.75, 3.05) is 11.9 Å². The lowest BCUT2D eigenvalue weighted by atomic mass is 9.77. The number of aliphatic hydroxyl groups excluding tert-OH is 1. The molecule has 1 aliphatic carbocycles. The summed E-state index contributed by atoms with van der Waals surface area (Å²) in [6, 6.07) is 11.8. The van der Waals surface area contributed by atoms with Gasteiger partial charge >= 0.3 is 0 Å². The van der Waals surface area contributed by atoms with Gasteiger partial charge in [0.15, 0.2) is 0 Å². The van der Waals surface area contributed by atoms with E-state index in [-0.39, 0.29) is 29.0 Å². The molecule has 1 saturated heterocycles. The summed E-state index contributed by atoms with van der Waals surface area (Å²) in [5.41, 5.74) is 1.52. The molecule has 1 saturated carbocycles. The average Bonchev–Trinajstić information content (AvgIpc) is 2.73. The number of nitrogens with zero attached hydrogens (tertiary/aromatic N) is 1. The highest BCUT2D eigenvalue weighted by Gasteiger charge is 2.38. The first-order chi connectivity index (χ1) is 14.4. The van der Waals surface area contributed by atoms with Gasteiger partial charge in [0.25, 0.3) is 11.8 Å². The van der Waals surface area contributed by atoms with Gasteiger partial charge < -0.3 is 15.3 Å². The normalized spacial score (nSPS) is 23.6. The second kappa shape index (κ2) is 8.96. The van der Waals surface area contributed by atoms with Crippen LogP contribution in [0.2, 0.25) is 10.0 Å². The molecule has 2 aromatic carbocycles. The molecule has 2 N–H and O–H groups in total. The first-order valence-corrected chi connectivity index (χ1v) is 11.0. The number of nitrogens with one attached hydrogen (secondary N) is 1. The molecule has 2 unspecified atom stereocenters. The molecule has 7 heteroatoms. The maximum absolute atomic E-state index is 13.1. The quantitative estimate of drug-likeness (QED) is 0.695. The van der Waals surface area contributed by atoms with Gasteiger partial charge in [0.2, 0.25) is 0 Å². The van der Waals surface area contributed by atoms with Crippen molar-refractivity contribution in [1.29, 1.82) is 0 Å². The number of amides is 2. The Morgan fingerprint density at radius 3 is 2.53 bits per heavy atom. The lowest BCUT2D eigenvalue weighted by Gasteiger charge is -2.45. The van der Waals surface area contributed by atoms with Gasteiger partial charge in [-0.3, -0.25) is 9.59 Å². The molecule has 2 aromatic rings. The summed E-state index contributed by atoms with van der Waals surface area (Å²) in [4.78, 5) is 27.5. The molecule has 0 radical (unpaired) electrons. The SMILES string of the molecule is O=C(Nc1ccc(C(=O)N2CCCC3C[C@H](O)CCC32)cc1)c1ccc(Cl)cc1Cl. The van der Waals surface area contributed by atoms with Gasteiger partial charge in [-0.1, -0.05) is 23.2 Å². The third-order valence-electron chi connectivity index (χ3n) is 6.12. The number of aliphatic hydroxyl groups is 1. The summed E-state index contributed by atoms with van der Waals surface area (Å²) >= 11 is 12.0. The number of halogens is 2. The summed E-state index contributed by atoms with van der Waals surface area (Å²) in [6.07, 6.45) is 4.20. The van der Waals surface area contributed by atoms with Gasteiger partial charge in [0.1, 0.15) is 0 Å². The average molecular weight is 447 g/mol. The van der Waals surface area contributed by atoms with E-state index < -0.39 is 0 Å². The minimum Gasteiger partial charge on any atom is -0.393 e. The van der Waals surface area contributed by atoms with E-state index >= 15 is 0 Å². The molecule has 0 spiro atoms. The largest absolute Gasteiger partial charge is 0.393 e. The first-order valence-electron chi connectivity index (χ1n) is 10.3. The maximum atomic E-state index is 13.1. The number of anilines is 1. The summed E-state index contributed by atoms with van der Waals surface area (Å²) in [5, 5.41) is 13.5. The smallest absolute Gasteiger partial charge is 0.257 e. The van der Waals surface area contributed by atoms with Crippen LogP contribution >= 0.6 is 23.2 Å². The zero-order chi connectivity index (χ0) is 21.3. The topological polar surface area (TPSA) is 69.6 Å². The van der Waals surface area contributed by atoms with E-state index in [1.807, 2.05) is 4.90 Å². The molecule has 2 amide bonds. The summed E-state index contributed by atoms with van der Waals surface area (Å²) in [5.74, 6) is 0.0595. The molecule has 0 bridgehead atoms. The standard InChI is InChI=1S/C23H24Cl2N2O3/c24-16-5-9-19(20(25)13-16)22(29)26-17-6-3-14(4-7-17)23(30)27-11-1-2-15-12-18(28)8-10-21(15)27/h3-7,9,13,15,18,21,28H,1-2,8,10-12H2,(H,26,29)/t15?,18-,21?/m1/s1. The molecular formula is C23H24Cl2N2O3. The Morgan fingerprint density at radius 2 is 1.80 bits per heavy atom. The van der Waals surface area contributed by atoms with Gasteiger partial charge in [-0.2, -0.15) is 0 Å². The number of likely N-dealkylation sites (tertiary alicyclic amines) is 1. The second-order valence-electron chi connectivity index (χ2n) is 8.09. The Labute approximate surface area is 186 Å². The number of piperidine rings is 1. The van der Waals surface area contributed by atoms with Gasteiger partial charge in [-0.05, 0) is 80.5 Å². The molecule has 1 aliphatic heterocycles. The van der Waals surface area contributed by atoms with Crippen molar-refractivity contribution in [1.82, 2.24) is 4.90 Å². The highest BCUT2D eigenvalue weighted by molar-refractivity contribution is 6.37. The first kappa shape index (κ1) is 21.2. The van der Waals surface area contributed by atoms with Crippen molar-refractivity contribution < 1.29 is 14.7 Å². The Morgan fingerprint density at radius 1 is 1.03 bits per heavy atom. The maximum Gasteiger partial charge on any atom is 0.257 e. The van der Waals surface area contributed by atoms with E-state index in [4.69, 9.17) is 23.2 Å². The zero-order valence-electron chi connectivity index (χ0n) is 16.5. The lowest BCUT2D eigenvalue weighted by Crippen LogP contribution is -2.51. The molecule has 4 rings (SSSR count). The van der Waals surface area contributed by atoms with E-state index in [0.717, 1.165) is 38.6 Å². The summed E-state index contributed by atoms with van der Waals surface area (Å²) < 4.78 is 0. The Kier molecular flexibility index (Phi) is 6.32. The minimum absolute atomic E-state index is 0.0136. The summed E-state index contributed by atoms with van der Waals surface area (Å²) in [6.45, 7) is 0.754. The van der Waals surface area contributed by atoms with E-state index in [0.29, 0.717) is 27.8 Å². The number of hydrogen-bond acceptors (Lipinski definition) is 3. The highest BCUT2D eigenvalue weighted by atomic mass is 35.5. The van der Waals surface area contributed by atoms with Crippen LogP contribution in [0.3, 0.4) is 0 Å². The molecule has 2 aliphatic rings. The molecule has 30 heavy (non-hydrogen) atoms. The molecule has 0 aromatic heterocycles. The number of hydrogen-bond donors (Lipinski definition) is 2. The Balaban J connectivity index is 1.44. The number of fused-ring (bicyclic) bond motifs is 1. The monoisotopic (exact) mass is 446 g/mol. The van der Waals surface area contributed by atoms with Crippen LogP contribution in [0.5, 0.6) is 0 Å². The molecule has 1 heterocycles. The van der Waals surface area contributed by atoms with Crippen molar-refractivity contribution >= 4 is 40.7 Å². The molecular weight excluding hydrogens is 423 g/mol.